The third kappa shape index (κ3) is 2.74. The maximum absolute atomic E-state index is 6.05. The zero-order valence-electron chi connectivity index (χ0n) is 10.5. The molecule has 0 amide bonds. The summed E-state index contributed by atoms with van der Waals surface area (Å²) in [6.07, 6.45) is 1.80. The first kappa shape index (κ1) is 11.9. The first-order valence-corrected chi connectivity index (χ1v) is 5.80. The second-order valence-corrected chi connectivity index (χ2v) is 4.72. The number of nitrogens with zero attached hydrogens (tertiary/aromatic N) is 1. The molecule has 1 heterocycles. The van der Waals surface area contributed by atoms with Gasteiger partial charge in [-0.25, -0.2) is 0 Å². The molecule has 1 N–H and O–H groups in total. The minimum atomic E-state index is -0.237. The average Bonchev–Trinajstić information content (AvgIpc) is 2.29. The lowest BCUT2D eigenvalue weighted by Gasteiger charge is -2.26. The summed E-state index contributed by atoms with van der Waals surface area (Å²) in [4.78, 5) is 4.32. The number of aromatic nitrogens is 1. The third-order valence-electron chi connectivity index (χ3n) is 2.59. The monoisotopic (exact) mass is 230 g/mol. The molecule has 1 aromatic carbocycles. The molecule has 1 aromatic heterocycles. The molecule has 0 unspecified atom stereocenters. The third-order valence-corrected chi connectivity index (χ3v) is 2.59. The van der Waals surface area contributed by atoms with Crippen molar-refractivity contribution < 1.29 is 4.74 Å². The summed E-state index contributed by atoms with van der Waals surface area (Å²) in [5.41, 5.74) is 0.726. The van der Waals surface area contributed by atoms with Gasteiger partial charge in [-0.05, 0) is 45.2 Å². The summed E-state index contributed by atoms with van der Waals surface area (Å²) >= 11 is 0. The van der Waals surface area contributed by atoms with Crippen LogP contribution in [0.4, 0.5) is 0 Å². The Morgan fingerprint density at radius 3 is 2.82 bits per heavy atom. The molecule has 0 fully saturated rings. The molecular weight excluding hydrogens is 212 g/mol. The van der Waals surface area contributed by atoms with Crippen LogP contribution in [0, 0.1) is 0 Å². The molecule has 0 saturated heterocycles. The van der Waals surface area contributed by atoms with E-state index in [1.807, 2.05) is 37.4 Å². The number of ether oxygens (including phenoxy) is 1. The fourth-order valence-corrected chi connectivity index (χ4v) is 1.92. The minimum Gasteiger partial charge on any atom is -0.486 e. The van der Waals surface area contributed by atoms with Crippen molar-refractivity contribution in [3.63, 3.8) is 0 Å². The average molecular weight is 230 g/mol. The predicted octanol–water partition coefficient (Wildman–Crippen LogP) is 2.61. The van der Waals surface area contributed by atoms with Gasteiger partial charge < -0.3 is 10.1 Å². The Morgan fingerprint density at radius 1 is 1.24 bits per heavy atom. The van der Waals surface area contributed by atoms with Crippen LogP contribution in [-0.4, -0.2) is 24.2 Å². The molecule has 90 valence electrons. The van der Waals surface area contributed by atoms with Crippen LogP contribution in [0.25, 0.3) is 10.9 Å². The molecule has 2 aromatic rings. The summed E-state index contributed by atoms with van der Waals surface area (Å²) in [5.74, 6) is 0.885. The molecule has 0 atom stereocenters. The summed E-state index contributed by atoms with van der Waals surface area (Å²) in [7, 11) is 1.93. The van der Waals surface area contributed by atoms with Gasteiger partial charge in [-0.2, -0.15) is 0 Å². The van der Waals surface area contributed by atoms with Crippen LogP contribution < -0.4 is 10.1 Å². The number of likely N-dealkylation sites (N-methyl/N-ethyl adjacent to an activating group) is 1. The zero-order chi connectivity index (χ0) is 12.3. The van der Waals surface area contributed by atoms with Crippen molar-refractivity contribution in [3.05, 3.63) is 36.5 Å². The van der Waals surface area contributed by atoms with E-state index in [1.165, 1.54) is 0 Å². The van der Waals surface area contributed by atoms with Crippen molar-refractivity contribution in [2.24, 2.45) is 0 Å². The Kier molecular flexibility index (Phi) is 3.29. The van der Waals surface area contributed by atoms with Crippen LogP contribution in [0.2, 0.25) is 0 Å². The Labute approximate surface area is 102 Å². The summed E-state index contributed by atoms with van der Waals surface area (Å²) in [6, 6.07) is 9.92. The van der Waals surface area contributed by atoms with E-state index in [-0.39, 0.29) is 5.60 Å². The summed E-state index contributed by atoms with van der Waals surface area (Å²) < 4.78 is 6.05. The first-order chi connectivity index (χ1) is 8.12. The fraction of sp³-hybridized carbons (Fsp3) is 0.357. The van der Waals surface area contributed by atoms with Crippen LogP contribution in [0.5, 0.6) is 5.75 Å². The smallest absolute Gasteiger partial charge is 0.129 e. The lowest BCUT2D eigenvalue weighted by atomic mass is 10.1. The summed E-state index contributed by atoms with van der Waals surface area (Å²) in [6.45, 7) is 4.93. The Balaban J connectivity index is 2.36. The van der Waals surface area contributed by atoms with E-state index in [9.17, 15) is 0 Å². The normalized spacial score (nSPS) is 11.7. The van der Waals surface area contributed by atoms with Gasteiger partial charge in [-0.1, -0.05) is 6.07 Å². The van der Waals surface area contributed by atoms with Gasteiger partial charge in [0, 0.05) is 18.1 Å². The SMILES string of the molecule is CNCC(C)(C)Oc1cccc2ncccc12. The number of hydrogen-bond acceptors (Lipinski definition) is 3. The van der Waals surface area contributed by atoms with Crippen LogP contribution in [0.1, 0.15) is 13.8 Å². The van der Waals surface area contributed by atoms with Gasteiger partial charge in [0.1, 0.15) is 11.4 Å². The highest BCUT2D eigenvalue weighted by molar-refractivity contribution is 5.84. The fourth-order valence-electron chi connectivity index (χ4n) is 1.92. The highest BCUT2D eigenvalue weighted by atomic mass is 16.5. The van der Waals surface area contributed by atoms with E-state index in [4.69, 9.17) is 4.74 Å². The standard InChI is InChI=1S/C14H18N2O/c1-14(2,10-15-3)17-13-8-4-7-12-11(13)6-5-9-16-12/h4-9,15H,10H2,1-3H3. The molecule has 3 nitrogen and oxygen atoms in total. The molecular formula is C14H18N2O. The minimum absolute atomic E-state index is 0.237. The molecule has 3 heteroatoms. The Bertz CT molecular complexity index is 503. The predicted molar refractivity (Wildman–Crippen MR) is 70.4 cm³/mol. The lowest BCUT2D eigenvalue weighted by Crippen LogP contribution is -2.38. The molecule has 0 bridgehead atoms. The van der Waals surface area contributed by atoms with E-state index >= 15 is 0 Å². The van der Waals surface area contributed by atoms with Gasteiger partial charge in [0.25, 0.3) is 0 Å². The molecule has 0 aliphatic carbocycles. The second-order valence-electron chi connectivity index (χ2n) is 4.72. The quantitative estimate of drug-likeness (QED) is 0.876. The molecule has 0 radical (unpaired) electrons. The molecule has 2 rings (SSSR count). The van der Waals surface area contributed by atoms with Gasteiger partial charge >= 0.3 is 0 Å². The van der Waals surface area contributed by atoms with Crippen molar-refractivity contribution in [3.8, 4) is 5.75 Å². The number of rotatable bonds is 4. The number of benzene rings is 1. The highest BCUT2D eigenvalue weighted by Crippen LogP contribution is 2.26. The molecule has 17 heavy (non-hydrogen) atoms. The van der Waals surface area contributed by atoms with Crippen LogP contribution in [-0.2, 0) is 0 Å². The van der Waals surface area contributed by atoms with Crippen molar-refractivity contribution in [1.29, 1.82) is 0 Å². The maximum Gasteiger partial charge on any atom is 0.129 e. The van der Waals surface area contributed by atoms with Gasteiger partial charge in [0.2, 0.25) is 0 Å². The van der Waals surface area contributed by atoms with Gasteiger partial charge in [-0.3, -0.25) is 4.98 Å². The van der Waals surface area contributed by atoms with E-state index in [2.05, 4.69) is 24.1 Å². The van der Waals surface area contributed by atoms with Crippen molar-refractivity contribution in [2.75, 3.05) is 13.6 Å². The largest absolute Gasteiger partial charge is 0.486 e. The van der Waals surface area contributed by atoms with Crippen LogP contribution in [0.15, 0.2) is 36.5 Å². The van der Waals surface area contributed by atoms with E-state index in [1.54, 1.807) is 6.20 Å². The van der Waals surface area contributed by atoms with Crippen molar-refractivity contribution in [1.82, 2.24) is 10.3 Å². The highest BCUT2D eigenvalue weighted by Gasteiger charge is 2.19. The lowest BCUT2D eigenvalue weighted by molar-refractivity contribution is 0.112. The Hall–Kier alpha value is -1.61. The Morgan fingerprint density at radius 2 is 2.06 bits per heavy atom. The zero-order valence-corrected chi connectivity index (χ0v) is 10.5. The second kappa shape index (κ2) is 4.72. The molecule has 0 aliphatic rings. The van der Waals surface area contributed by atoms with Gasteiger partial charge in [0.05, 0.1) is 5.52 Å². The molecule has 0 aliphatic heterocycles. The number of nitrogens with one attached hydrogen (secondary N) is 1. The van der Waals surface area contributed by atoms with Crippen molar-refractivity contribution in [2.45, 2.75) is 19.4 Å². The van der Waals surface area contributed by atoms with Gasteiger partial charge in [0.15, 0.2) is 0 Å². The first-order valence-electron chi connectivity index (χ1n) is 5.80. The number of hydrogen-bond donors (Lipinski definition) is 1. The van der Waals surface area contributed by atoms with Crippen LogP contribution >= 0.6 is 0 Å². The summed E-state index contributed by atoms with van der Waals surface area (Å²) in [5, 5.41) is 4.19. The van der Waals surface area contributed by atoms with Crippen molar-refractivity contribution >= 4 is 10.9 Å². The topological polar surface area (TPSA) is 34.1 Å². The number of fused-ring (bicyclic) bond motifs is 1. The van der Waals surface area contributed by atoms with Crippen LogP contribution in [0.3, 0.4) is 0 Å². The maximum atomic E-state index is 6.05. The molecule has 0 spiro atoms. The van der Waals surface area contributed by atoms with Gasteiger partial charge in [-0.15, -0.1) is 0 Å². The van der Waals surface area contributed by atoms with E-state index in [0.717, 1.165) is 23.2 Å². The number of pyridine rings is 1. The van der Waals surface area contributed by atoms with E-state index < -0.39 is 0 Å². The molecule has 0 saturated carbocycles. The van der Waals surface area contributed by atoms with E-state index in [0.29, 0.717) is 0 Å².